The van der Waals surface area contributed by atoms with Gasteiger partial charge in [-0.3, -0.25) is 4.90 Å². The Kier molecular flexibility index (Phi) is 5.60. The van der Waals surface area contributed by atoms with Crippen molar-refractivity contribution in [2.75, 3.05) is 37.7 Å². The lowest BCUT2D eigenvalue weighted by molar-refractivity contribution is 0.0706. The zero-order valence-electron chi connectivity index (χ0n) is 17.9. The molecule has 2 atom stereocenters. The van der Waals surface area contributed by atoms with Crippen molar-refractivity contribution in [3.05, 3.63) is 18.3 Å². The number of rotatable bonds is 4. The number of ether oxygens (including phenoxy) is 1. The summed E-state index contributed by atoms with van der Waals surface area (Å²) < 4.78 is 5.97. The van der Waals surface area contributed by atoms with Gasteiger partial charge in [-0.1, -0.05) is 0 Å². The van der Waals surface area contributed by atoms with Crippen LogP contribution in [0.5, 0.6) is 5.88 Å². The van der Waals surface area contributed by atoms with E-state index in [4.69, 9.17) is 4.74 Å². The number of aromatic nitrogens is 1. The van der Waals surface area contributed by atoms with Gasteiger partial charge in [-0.05, 0) is 58.4 Å². The van der Waals surface area contributed by atoms with E-state index in [0.717, 1.165) is 57.5 Å². The molecule has 0 spiro atoms. The molecule has 0 aromatic carbocycles. The van der Waals surface area contributed by atoms with Crippen LogP contribution >= 0.6 is 0 Å². The van der Waals surface area contributed by atoms with E-state index in [1.54, 1.807) is 4.90 Å². The van der Waals surface area contributed by atoms with Crippen LogP contribution in [0.4, 0.5) is 10.5 Å². The highest BCUT2D eigenvalue weighted by molar-refractivity contribution is 5.66. The number of piperidine rings is 1. The summed E-state index contributed by atoms with van der Waals surface area (Å²) in [7, 11) is 0. The Hall–Kier alpha value is -2.02. The average Bonchev–Trinajstić information content (AvgIpc) is 2.97. The summed E-state index contributed by atoms with van der Waals surface area (Å²) in [6, 6.07) is 4.40. The standard InChI is InChI=1S/C22H34N4O3/c1-22(2,3)25-10-8-24(9-11-25)19-6-7-20(23-14-19)29-15-16-12-17-4-5-18(13-16)26(17)21(27)28/h6-7,14,16-18H,4-5,8-13,15H2,1-3H3,(H,27,28). The monoisotopic (exact) mass is 402 g/mol. The van der Waals surface area contributed by atoms with Gasteiger partial charge in [-0.25, -0.2) is 9.78 Å². The molecule has 1 aromatic heterocycles. The van der Waals surface area contributed by atoms with Gasteiger partial charge in [0.05, 0.1) is 18.5 Å². The smallest absolute Gasteiger partial charge is 0.407 e. The first-order valence-corrected chi connectivity index (χ1v) is 10.9. The minimum atomic E-state index is -0.766. The molecule has 7 nitrogen and oxygen atoms in total. The molecule has 7 heteroatoms. The van der Waals surface area contributed by atoms with Crippen LogP contribution in [0.15, 0.2) is 18.3 Å². The summed E-state index contributed by atoms with van der Waals surface area (Å²) in [6.07, 6.45) is 4.93. The molecule has 3 aliphatic rings. The normalized spacial score (nSPS) is 27.9. The number of piperazine rings is 1. The van der Waals surface area contributed by atoms with Gasteiger partial charge in [0.1, 0.15) is 0 Å². The molecule has 160 valence electrons. The van der Waals surface area contributed by atoms with Crippen molar-refractivity contribution in [3.63, 3.8) is 0 Å². The molecule has 1 amide bonds. The van der Waals surface area contributed by atoms with Gasteiger partial charge >= 0.3 is 6.09 Å². The Balaban J connectivity index is 1.26. The van der Waals surface area contributed by atoms with Crippen LogP contribution in [0.2, 0.25) is 0 Å². The summed E-state index contributed by atoms with van der Waals surface area (Å²) in [5.74, 6) is 1.07. The van der Waals surface area contributed by atoms with Gasteiger partial charge in [0.25, 0.3) is 0 Å². The van der Waals surface area contributed by atoms with Gasteiger partial charge < -0.3 is 19.6 Å². The molecule has 0 saturated carbocycles. The molecular weight excluding hydrogens is 368 g/mol. The first-order chi connectivity index (χ1) is 13.8. The van der Waals surface area contributed by atoms with Crippen LogP contribution < -0.4 is 9.64 Å². The first kappa shape index (κ1) is 20.3. The van der Waals surface area contributed by atoms with Crippen LogP contribution in [0.1, 0.15) is 46.5 Å². The molecule has 0 radical (unpaired) electrons. The van der Waals surface area contributed by atoms with E-state index in [1.165, 1.54) is 0 Å². The second-order valence-electron chi connectivity index (χ2n) is 9.72. The third-order valence-corrected chi connectivity index (χ3v) is 6.83. The van der Waals surface area contributed by atoms with Crippen molar-refractivity contribution in [2.24, 2.45) is 5.92 Å². The number of hydrogen-bond acceptors (Lipinski definition) is 5. The van der Waals surface area contributed by atoms with E-state index >= 15 is 0 Å². The second kappa shape index (κ2) is 8.01. The molecule has 3 fully saturated rings. The Labute approximate surface area is 173 Å². The molecule has 3 aliphatic heterocycles. The quantitative estimate of drug-likeness (QED) is 0.833. The maximum absolute atomic E-state index is 11.4. The van der Waals surface area contributed by atoms with Gasteiger partial charge in [-0.2, -0.15) is 0 Å². The Bertz CT molecular complexity index is 696. The van der Waals surface area contributed by atoms with Crippen molar-refractivity contribution in [1.29, 1.82) is 0 Å². The Morgan fingerprint density at radius 2 is 1.79 bits per heavy atom. The fraction of sp³-hybridized carbons (Fsp3) is 0.727. The molecule has 1 N–H and O–H groups in total. The van der Waals surface area contributed by atoms with Crippen molar-refractivity contribution in [2.45, 2.75) is 64.1 Å². The van der Waals surface area contributed by atoms with E-state index in [2.05, 4.69) is 41.6 Å². The molecule has 3 saturated heterocycles. The SMILES string of the molecule is CC(C)(C)N1CCN(c2ccc(OCC3CC4CCC(C3)N4C(=O)O)nc2)CC1. The van der Waals surface area contributed by atoms with Crippen LogP contribution in [0, 0.1) is 5.92 Å². The summed E-state index contributed by atoms with van der Waals surface area (Å²) in [5, 5.41) is 9.38. The van der Waals surface area contributed by atoms with E-state index in [9.17, 15) is 9.90 Å². The van der Waals surface area contributed by atoms with Gasteiger partial charge in [-0.15, -0.1) is 0 Å². The van der Waals surface area contributed by atoms with Crippen LogP contribution in [0.3, 0.4) is 0 Å². The zero-order valence-corrected chi connectivity index (χ0v) is 17.9. The molecular formula is C22H34N4O3. The Morgan fingerprint density at radius 1 is 1.14 bits per heavy atom. The first-order valence-electron chi connectivity index (χ1n) is 10.9. The van der Waals surface area contributed by atoms with E-state index in [1.807, 2.05) is 12.3 Å². The third kappa shape index (κ3) is 4.44. The van der Waals surface area contributed by atoms with Crippen molar-refractivity contribution in [1.82, 2.24) is 14.8 Å². The fourth-order valence-electron chi connectivity index (χ4n) is 5.22. The second-order valence-corrected chi connectivity index (χ2v) is 9.72. The highest BCUT2D eigenvalue weighted by Gasteiger charge is 2.43. The van der Waals surface area contributed by atoms with Crippen LogP contribution in [-0.4, -0.2) is 76.4 Å². The lowest BCUT2D eigenvalue weighted by Crippen LogP contribution is -2.53. The van der Waals surface area contributed by atoms with Crippen molar-refractivity contribution >= 4 is 11.8 Å². The Morgan fingerprint density at radius 3 is 2.31 bits per heavy atom. The molecule has 1 aromatic rings. The highest BCUT2D eigenvalue weighted by atomic mass is 16.5. The molecule has 29 heavy (non-hydrogen) atoms. The number of hydrogen-bond donors (Lipinski definition) is 1. The predicted octanol–water partition coefficient (Wildman–Crippen LogP) is 3.30. The van der Waals surface area contributed by atoms with Crippen molar-refractivity contribution in [3.8, 4) is 5.88 Å². The molecule has 4 rings (SSSR count). The highest BCUT2D eigenvalue weighted by Crippen LogP contribution is 2.38. The number of anilines is 1. The van der Waals surface area contributed by atoms with E-state index in [-0.39, 0.29) is 17.6 Å². The van der Waals surface area contributed by atoms with Crippen LogP contribution in [-0.2, 0) is 0 Å². The molecule has 0 aliphatic carbocycles. The number of carboxylic acid groups (broad SMARTS) is 1. The number of nitrogens with zero attached hydrogens (tertiary/aromatic N) is 4. The number of fused-ring (bicyclic) bond motifs is 2. The fourth-order valence-corrected chi connectivity index (χ4v) is 5.22. The number of pyridine rings is 1. The average molecular weight is 403 g/mol. The summed E-state index contributed by atoms with van der Waals surface area (Å²) in [5.41, 5.74) is 1.38. The van der Waals surface area contributed by atoms with E-state index < -0.39 is 6.09 Å². The summed E-state index contributed by atoms with van der Waals surface area (Å²) >= 11 is 0. The van der Waals surface area contributed by atoms with Crippen molar-refractivity contribution < 1.29 is 14.6 Å². The van der Waals surface area contributed by atoms with E-state index in [0.29, 0.717) is 18.4 Å². The maximum Gasteiger partial charge on any atom is 0.407 e. The number of carbonyl (C=O) groups is 1. The minimum absolute atomic E-state index is 0.168. The molecule has 2 bridgehead atoms. The molecule has 4 heterocycles. The van der Waals surface area contributed by atoms with Crippen LogP contribution in [0.25, 0.3) is 0 Å². The van der Waals surface area contributed by atoms with Gasteiger partial charge in [0.15, 0.2) is 0 Å². The maximum atomic E-state index is 11.4. The zero-order chi connectivity index (χ0) is 20.6. The number of amides is 1. The van der Waals surface area contributed by atoms with Gasteiger partial charge in [0.2, 0.25) is 5.88 Å². The lowest BCUT2D eigenvalue weighted by Gasteiger charge is -2.42. The predicted molar refractivity (Wildman–Crippen MR) is 113 cm³/mol. The summed E-state index contributed by atoms with van der Waals surface area (Å²) in [4.78, 5) is 22.5. The topological polar surface area (TPSA) is 69.1 Å². The third-order valence-electron chi connectivity index (χ3n) is 6.83. The molecule has 2 unspecified atom stereocenters. The largest absolute Gasteiger partial charge is 0.477 e. The summed E-state index contributed by atoms with van der Waals surface area (Å²) in [6.45, 7) is 11.6. The van der Waals surface area contributed by atoms with Gasteiger partial charge in [0, 0.05) is 49.9 Å². The lowest BCUT2D eigenvalue weighted by atomic mass is 9.92. The minimum Gasteiger partial charge on any atom is -0.477 e.